The first-order chi connectivity index (χ1) is 13.2. The second-order valence-electron chi connectivity index (χ2n) is 8.36. The number of hydrogen-bond acceptors (Lipinski definition) is 3. The van der Waals surface area contributed by atoms with Crippen LogP contribution in [0, 0.1) is 5.92 Å². The number of likely N-dealkylation sites (tertiary alicyclic amines) is 2. The summed E-state index contributed by atoms with van der Waals surface area (Å²) < 4.78 is 0. The molecule has 4 rings (SSSR count). The molecular weight excluding hydrogens is 338 g/mol. The van der Waals surface area contributed by atoms with Gasteiger partial charge in [0.2, 0.25) is 11.8 Å². The molecule has 1 N–H and O–H groups in total. The molecule has 1 aliphatic carbocycles. The molecule has 1 aromatic carbocycles. The molecule has 2 amide bonds. The highest BCUT2D eigenvalue weighted by Crippen LogP contribution is 2.29. The van der Waals surface area contributed by atoms with E-state index in [9.17, 15) is 9.59 Å². The molecule has 1 saturated carbocycles. The summed E-state index contributed by atoms with van der Waals surface area (Å²) in [6.07, 6.45) is 7.56. The van der Waals surface area contributed by atoms with Crippen molar-refractivity contribution in [3.63, 3.8) is 0 Å². The summed E-state index contributed by atoms with van der Waals surface area (Å²) in [6, 6.07) is 8.76. The summed E-state index contributed by atoms with van der Waals surface area (Å²) in [4.78, 5) is 29.5. The van der Waals surface area contributed by atoms with Gasteiger partial charge >= 0.3 is 0 Å². The minimum absolute atomic E-state index is 0.0276. The molecule has 1 aromatic rings. The number of benzene rings is 1. The monoisotopic (exact) mass is 369 g/mol. The highest BCUT2D eigenvalue weighted by molar-refractivity contribution is 5.89. The largest absolute Gasteiger partial charge is 0.352 e. The van der Waals surface area contributed by atoms with Gasteiger partial charge in [-0.15, -0.1) is 0 Å². The van der Waals surface area contributed by atoms with E-state index in [0.29, 0.717) is 25.6 Å². The molecular formula is C22H31N3O2. The van der Waals surface area contributed by atoms with E-state index < -0.39 is 0 Å². The zero-order valence-corrected chi connectivity index (χ0v) is 16.2. The number of carbonyl (C=O) groups excluding carboxylic acids is 2. The Hall–Kier alpha value is -1.88. The van der Waals surface area contributed by atoms with Crippen LogP contribution in [0.25, 0.3) is 0 Å². The molecule has 3 fully saturated rings. The van der Waals surface area contributed by atoms with Gasteiger partial charge in [0.25, 0.3) is 0 Å². The third-order valence-electron chi connectivity index (χ3n) is 6.46. The topological polar surface area (TPSA) is 52.7 Å². The van der Waals surface area contributed by atoms with Crippen molar-refractivity contribution in [2.75, 3.05) is 19.6 Å². The molecule has 1 unspecified atom stereocenters. The zero-order chi connectivity index (χ0) is 18.6. The minimum atomic E-state index is -0.191. The fraction of sp³-hybridized carbons (Fsp3) is 0.636. The predicted octanol–water partition coefficient (Wildman–Crippen LogP) is 2.69. The Kier molecular flexibility index (Phi) is 5.77. The van der Waals surface area contributed by atoms with E-state index in [1.807, 2.05) is 11.0 Å². The Bertz CT molecular complexity index is 678. The molecule has 0 spiro atoms. The average Bonchev–Trinajstić information content (AvgIpc) is 3.42. The zero-order valence-electron chi connectivity index (χ0n) is 16.2. The SMILES string of the molecule is O=C(NCc1ccccc1CN1CCCC1)C1CC(=O)N(C2CCCC2)C1. The van der Waals surface area contributed by atoms with E-state index in [0.717, 1.165) is 19.4 Å². The summed E-state index contributed by atoms with van der Waals surface area (Å²) >= 11 is 0. The lowest BCUT2D eigenvalue weighted by molar-refractivity contribution is -0.130. The van der Waals surface area contributed by atoms with Crippen LogP contribution in [0.5, 0.6) is 0 Å². The Labute approximate surface area is 162 Å². The maximum absolute atomic E-state index is 12.7. The summed E-state index contributed by atoms with van der Waals surface area (Å²) in [5, 5.41) is 3.10. The smallest absolute Gasteiger partial charge is 0.225 e. The van der Waals surface area contributed by atoms with Crippen molar-refractivity contribution in [2.24, 2.45) is 5.92 Å². The Morgan fingerprint density at radius 1 is 1.04 bits per heavy atom. The first kappa shape index (κ1) is 18.5. The Morgan fingerprint density at radius 2 is 1.74 bits per heavy atom. The fourth-order valence-electron chi connectivity index (χ4n) is 4.87. The number of carbonyl (C=O) groups is 2. The van der Waals surface area contributed by atoms with E-state index in [1.165, 1.54) is 49.9 Å². The van der Waals surface area contributed by atoms with Gasteiger partial charge in [-0.3, -0.25) is 14.5 Å². The quantitative estimate of drug-likeness (QED) is 0.839. The second kappa shape index (κ2) is 8.42. The van der Waals surface area contributed by atoms with Crippen LogP contribution >= 0.6 is 0 Å². The lowest BCUT2D eigenvalue weighted by atomic mass is 10.1. The third-order valence-corrected chi connectivity index (χ3v) is 6.46. The number of amides is 2. The van der Waals surface area contributed by atoms with Crippen molar-refractivity contribution in [1.82, 2.24) is 15.1 Å². The molecule has 3 aliphatic rings. The first-order valence-corrected chi connectivity index (χ1v) is 10.6. The number of nitrogens with one attached hydrogen (secondary N) is 1. The highest BCUT2D eigenvalue weighted by Gasteiger charge is 2.38. The van der Waals surface area contributed by atoms with Gasteiger partial charge in [0.15, 0.2) is 0 Å². The highest BCUT2D eigenvalue weighted by atomic mass is 16.2. The van der Waals surface area contributed by atoms with Crippen LogP contribution in [-0.2, 0) is 22.7 Å². The summed E-state index contributed by atoms with van der Waals surface area (Å²) in [6.45, 7) is 4.45. The van der Waals surface area contributed by atoms with E-state index in [4.69, 9.17) is 0 Å². The lowest BCUT2D eigenvalue weighted by Gasteiger charge is -2.24. The van der Waals surface area contributed by atoms with Gasteiger partial charge < -0.3 is 10.2 Å². The summed E-state index contributed by atoms with van der Waals surface area (Å²) in [7, 11) is 0. The molecule has 27 heavy (non-hydrogen) atoms. The molecule has 2 heterocycles. The van der Waals surface area contributed by atoms with Gasteiger partial charge in [0.1, 0.15) is 0 Å². The van der Waals surface area contributed by atoms with Crippen molar-refractivity contribution in [3.05, 3.63) is 35.4 Å². The van der Waals surface area contributed by atoms with Gasteiger partial charge in [-0.05, 0) is 49.9 Å². The van der Waals surface area contributed by atoms with Gasteiger partial charge in [0, 0.05) is 32.1 Å². The van der Waals surface area contributed by atoms with E-state index in [-0.39, 0.29) is 17.7 Å². The number of hydrogen-bond donors (Lipinski definition) is 1. The number of rotatable bonds is 6. The van der Waals surface area contributed by atoms with Crippen LogP contribution < -0.4 is 5.32 Å². The average molecular weight is 370 g/mol. The fourth-order valence-corrected chi connectivity index (χ4v) is 4.87. The second-order valence-corrected chi connectivity index (χ2v) is 8.36. The van der Waals surface area contributed by atoms with Crippen LogP contribution in [0.3, 0.4) is 0 Å². The lowest BCUT2D eigenvalue weighted by Crippen LogP contribution is -2.37. The van der Waals surface area contributed by atoms with Gasteiger partial charge in [-0.2, -0.15) is 0 Å². The molecule has 0 radical (unpaired) electrons. The van der Waals surface area contributed by atoms with Crippen LogP contribution in [0.15, 0.2) is 24.3 Å². The number of nitrogens with zero attached hydrogens (tertiary/aromatic N) is 2. The predicted molar refractivity (Wildman–Crippen MR) is 105 cm³/mol. The van der Waals surface area contributed by atoms with Crippen molar-refractivity contribution in [1.29, 1.82) is 0 Å². The van der Waals surface area contributed by atoms with E-state index >= 15 is 0 Å². The molecule has 0 aromatic heterocycles. The molecule has 5 nitrogen and oxygen atoms in total. The van der Waals surface area contributed by atoms with Crippen LogP contribution in [-0.4, -0.2) is 47.3 Å². The van der Waals surface area contributed by atoms with Gasteiger partial charge in [0.05, 0.1) is 5.92 Å². The first-order valence-electron chi connectivity index (χ1n) is 10.6. The Morgan fingerprint density at radius 3 is 2.48 bits per heavy atom. The molecule has 2 saturated heterocycles. The van der Waals surface area contributed by atoms with Crippen molar-refractivity contribution in [2.45, 2.75) is 64.1 Å². The van der Waals surface area contributed by atoms with Gasteiger partial charge in [-0.25, -0.2) is 0 Å². The summed E-state index contributed by atoms with van der Waals surface area (Å²) in [5.41, 5.74) is 2.49. The van der Waals surface area contributed by atoms with Crippen molar-refractivity contribution < 1.29 is 9.59 Å². The molecule has 146 valence electrons. The molecule has 5 heteroatoms. The van der Waals surface area contributed by atoms with Crippen LogP contribution in [0.4, 0.5) is 0 Å². The maximum Gasteiger partial charge on any atom is 0.225 e. The molecule has 1 atom stereocenters. The van der Waals surface area contributed by atoms with E-state index in [2.05, 4.69) is 28.4 Å². The molecule has 2 aliphatic heterocycles. The summed E-state index contributed by atoms with van der Waals surface area (Å²) in [5.74, 6) is 0.000139. The normalized spacial score (nSPS) is 24.1. The van der Waals surface area contributed by atoms with Crippen LogP contribution in [0.1, 0.15) is 56.1 Å². The van der Waals surface area contributed by atoms with Crippen molar-refractivity contribution >= 4 is 11.8 Å². The minimum Gasteiger partial charge on any atom is -0.352 e. The standard InChI is InChI=1S/C22H31N3O2/c26-21-13-19(16-25(21)20-9-3-4-10-20)22(27)23-14-17-7-1-2-8-18(17)15-24-11-5-6-12-24/h1-2,7-8,19-20H,3-6,9-16H2,(H,23,27). The van der Waals surface area contributed by atoms with Crippen LogP contribution in [0.2, 0.25) is 0 Å². The third kappa shape index (κ3) is 4.34. The Balaban J connectivity index is 1.32. The maximum atomic E-state index is 12.7. The van der Waals surface area contributed by atoms with E-state index in [1.54, 1.807) is 0 Å². The molecule has 0 bridgehead atoms. The van der Waals surface area contributed by atoms with Gasteiger partial charge in [-0.1, -0.05) is 37.1 Å². The van der Waals surface area contributed by atoms with Crippen molar-refractivity contribution in [3.8, 4) is 0 Å².